The maximum Gasteiger partial charge on any atom is 0.256 e. The predicted molar refractivity (Wildman–Crippen MR) is 67.4 cm³/mol. The van der Waals surface area contributed by atoms with Gasteiger partial charge in [0.2, 0.25) is 0 Å². The summed E-state index contributed by atoms with van der Waals surface area (Å²) in [6.07, 6.45) is 6.63. The lowest BCUT2D eigenvalue weighted by Gasteiger charge is -2.28. The minimum atomic E-state index is -0.333. The van der Waals surface area contributed by atoms with Gasteiger partial charge in [-0.2, -0.15) is 0 Å². The topological polar surface area (TPSA) is 82.2 Å². The number of nitrogens with one attached hydrogen (secondary N) is 2. The van der Waals surface area contributed by atoms with Crippen LogP contribution in [-0.2, 0) is 0 Å². The number of hydrogen-bond donors (Lipinski definition) is 3. The van der Waals surface area contributed by atoms with Gasteiger partial charge in [0, 0.05) is 31.1 Å². The molecule has 0 spiro atoms. The Kier molecular flexibility index (Phi) is 4.15. The fourth-order valence-electron chi connectivity index (χ4n) is 2.44. The van der Waals surface area contributed by atoms with E-state index in [0.29, 0.717) is 0 Å². The van der Waals surface area contributed by atoms with Crippen LogP contribution in [0.2, 0.25) is 0 Å². The second-order valence-corrected chi connectivity index (χ2v) is 4.81. The van der Waals surface area contributed by atoms with Crippen molar-refractivity contribution in [2.24, 2.45) is 5.92 Å². The van der Waals surface area contributed by atoms with Crippen LogP contribution in [0.3, 0.4) is 0 Å². The van der Waals surface area contributed by atoms with Crippen molar-refractivity contribution >= 4 is 5.91 Å². The Bertz CT molecular complexity index is 469. The summed E-state index contributed by atoms with van der Waals surface area (Å²) in [5.41, 5.74) is -0.135. The quantitative estimate of drug-likeness (QED) is 0.737. The molecular formula is C13H18N2O3. The maximum atomic E-state index is 11.9. The van der Waals surface area contributed by atoms with Crippen LogP contribution >= 0.6 is 0 Å². The molecule has 3 N–H and O–H groups in total. The highest BCUT2D eigenvalue weighted by molar-refractivity contribution is 5.93. The molecule has 0 saturated heterocycles. The highest BCUT2D eigenvalue weighted by Gasteiger charge is 2.23. The second-order valence-electron chi connectivity index (χ2n) is 4.81. The number of aliphatic hydroxyl groups excluding tert-OH is 1. The monoisotopic (exact) mass is 250 g/mol. The molecule has 98 valence electrons. The number of aromatic nitrogens is 1. The molecule has 1 aliphatic rings. The number of pyridine rings is 1. The maximum absolute atomic E-state index is 11.9. The summed E-state index contributed by atoms with van der Waals surface area (Å²) in [4.78, 5) is 26.2. The summed E-state index contributed by atoms with van der Waals surface area (Å²) in [7, 11) is 0. The Morgan fingerprint density at radius 1 is 1.50 bits per heavy atom. The number of amides is 1. The van der Waals surface area contributed by atoms with Gasteiger partial charge in [-0.25, -0.2) is 0 Å². The van der Waals surface area contributed by atoms with E-state index in [9.17, 15) is 9.59 Å². The SMILES string of the molecule is O=C(NC1CCCC(CO)C1)c1c[nH]ccc1=O. The average Bonchev–Trinajstić information content (AvgIpc) is 2.39. The molecule has 2 unspecified atom stereocenters. The standard InChI is InChI=1S/C13H18N2O3/c16-8-9-2-1-3-10(6-9)15-13(18)11-7-14-5-4-12(11)17/h4-5,7,9-10,16H,1-3,6,8H2,(H,14,17)(H,15,18). The Morgan fingerprint density at radius 3 is 3.06 bits per heavy atom. The van der Waals surface area contributed by atoms with Crippen LogP contribution in [0.5, 0.6) is 0 Å². The van der Waals surface area contributed by atoms with Crippen molar-refractivity contribution < 1.29 is 9.90 Å². The summed E-state index contributed by atoms with van der Waals surface area (Å²) in [5.74, 6) is -0.0708. The molecule has 18 heavy (non-hydrogen) atoms. The Morgan fingerprint density at radius 2 is 2.33 bits per heavy atom. The summed E-state index contributed by atoms with van der Waals surface area (Å²) in [6, 6.07) is 1.40. The Balaban J connectivity index is 1.99. The van der Waals surface area contributed by atoms with Crippen molar-refractivity contribution in [2.75, 3.05) is 6.61 Å². The highest BCUT2D eigenvalue weighted by atomic mass is 16.3. The molecule has 0 aliphatic heterocycles. The third-order valence-corrected chi connectivity index (χ3v) is 3.44. The van der Waals surface area contributed by atoms with E-state index < -0.39 is 0 Å². The molecular weight excluding hydrogens is 232 g/mol. The number of hydrogen-bond acceptors (Lipinski definition) is 3. The van der Waals surface area contributed by atoms with Gasteiger partial charge in [0.1, 0.15) is 5.56 Å². The van der Waals surface area contributed by atoms with Crippen LogP contribution in [-0.4, -0.2) is 28.6 Å². The molecule has 0 aromatic carbocycles. The average molecular weight is 250 g/mol. The highest BCUT2D eigenvalue weighted by Crippen LogP contribution is 2.23. The Labute approximate surface area is 105 Å². The number of rotatable bonds is 3. The van der Waals surface area contributed by atoms with E-state index in [2.05, 4.69) is 10.3 Å². The molecule has 1 aromatic heterocycles. The molecule has 0 bridgehead atoms. The first-order valence-corrected chi connectivity index (χ1v) is 6.29. The van der Waals surface area contributed by atoms with Gasteiger partial charge in [0.15, 0.2) is 5.43 Å². The molecule has 0 radical (unpaired) electrons. The van der Waals surface area contributed by atoms with Crippen molar-refractivity contribution in [1.29, 1.82) is 0 Å². The normalized spacial score (nSPS) is 23.6. The van der Waals surface area contributed by atoms with Gasteiger partial charge < -0.3 is 15.4 Å². The van der Waals surface area contributed by atoms with Crippen molar-refractivity contribution in [3.63, 3.8) is 0 Å². The minimum Gasteiger partial charge on any atom is -0.396 e. The predicted octanol–water partition coefficient (Wildman–Crippen LogP) is 0.656. The van der Waals surface area contributed by atoms with E-state index in [1.165, 1.54) is 18.5 Å². The number of aromatic amines is 1. The first-order chi connectivity index (χ1) is 8.70. The molecule has 1 aliphatic carbocycles. The zero-order valence-electron chi connectivity index (χ0n) is 10.2. The Hall–Kier alpha value is -1.62. The van der Waals surface area contributed by atoms with Crippen LogP contribution in [0.15, 0.2) is 23.3 Å². The molecule has 2 atom stereocenters. The van der Waals surface area contributed by atoms with Crippen LogP contribution in [0.1, 0.15) is 36.0 Å². The van der Waals surface area contributed by atoms with Crippen molar-refractivity contribution in [3.05, 3.63) is 34.2 Å². The number of aliphatic hydroxyl groups is 1. The summed E-state index contributed by atoms with van der Waals surface area (Å²) in [5, 5.41) is 12.0. The third-order valence-electron chi connectivity index (χ3n) is 3.44. The van der Waals surface area contributed by atoms with Gasteiger partial charge in [0.05, 0.1) is 0 Å². The van der Waals surface area contributed by atoms with Gasteiger partial charge in [-0.15, -0.1) is 0 Å². The van der Waals surface area contributed by atoms with E-state index in [-0.39, 0.29) is 35.5 Å². The van der Waals surface area contributed by atoms with Gasteiger partial charge in [-0.1, -0.05) is 6.42 Å². The van der Waals surface area contributed by atoms with Crippen LogP contribution < -0.4 is 10.7 Å². The fraction of sp³-hybridized carbons (Fsp3) is 0.538. The van der Waals surface area contributed by atoms with Crippen molar-refractivity contribution in [1.82, 2.24) is 10.3 Å². The fourth-order valence-corrected chi connectivity index (χ4v) is 2.44. The summed E-state index contributed by atoms with van der Waals surface area (Å²) >= 11 is 0. The van der Waals surface area contributed by atoms with E-state index in [1.807, 2.05) is 0 Å². The van der Waals surface area contributed by atoms with E-state index in [4.69, 9.17) is 5.11 Å². The van der Waals surface area contributed by atoms with Gasteiger partial charge in [0.25, 0.3) is 5.91 Å². The summed E-state index contributed by atoms with van der Waals surface area (Å²) in [6.45, 7) is 0.165. The lowest BCUT2D eigenvalue weighted by Crippen LogP contribution is -2.40. The molecule has 1 saturated carbocycles. The van der Waals surface area contributed by atoms with E-state index >= 15 is 0 Å². The van der Waals surface area contributed by atoms with Gasteiger partial charge >= 0.3 is 0 Å². The number of carbonyl (C=O) groups excluding carboxylic acids is 1. The zero-order valence-corrected chi connectivity index (χ0v) is 10.2. The first kappa shape index (κ1) is 12.8. The van der Waals surface area contributed by atoms with Crippen molar-refractivity contribution in [2.45, 2.75) is 31.7 Å². The minimum absolute atomic E-state index is 0.0583. The lowest BCUT2D eigenvalue weighted by atomic mass is 9.86. The van der Waals surface area contributed by atoms with Crippen LogP contribution in [0.4, 0.5) is 0 Å². The molecule has 5 heteroatoms. The van der Waals surface area contributed by atoms with E-state index in [0.717, 1.165) is 25.7 Å². The molecule has 1 amide bonds. The van der Waals surface area contributed by atoms with Gasteiger partial charge in [-0.05, 0) is 25.2 Å². The largest absolute Gasteiger partial charge is 0.396 e. The number of carbonyl (C=O) groups is 1. The molecule has 2 rings (SSSR count). The molecule has 1 aromatic rings. The smallest absolute Gasteiger partial charge is 0.256 e. The van der Waals surface area contributed by atoms with E-state index in [1.54, 1.807) is 0 Å². The first-order valence-electron chi connectivity index (χ1n) is 6.29. The van der Waals surface area contributed by atoms with Crippen LogP contribution in [0, 0.1) is 5.92 Å². The zero-order chi connectivity index (χ0) is 13.0. The van der Waals surface area contributed by atoms with Crippen LogP contribution in [0.25, 0.3) is 0 Å². The third kappa shape index (κ3) is 2.98. The molecule has 1 heterocycles. The van der Waals surface area contributed by atoms with Crippen molar-refractivity contribution in [3.8, 4) is 0 Å². The summed E-state index contributed by atoms with van der Waals surface area (Å²) < 4.78 is 0. The molecule has 1 fully saturated rings. The number of H-pyrrole nitrogens is 1. The second kappa shape index (κ2) is 5.82. The van der Waals surface area contributed by atoms with Gasteiger partial charge in [-0.3, -0.25) is 9.59 Å². The lowest BCUT2D eigenvalue weighted by molar-refractivity contribution is 0.0904. The molecule has 5 nitrogen and oxygen atoms in total.